The van der Waals surface area contributed by atoms with Gasteiger partial charge in [0.05, 0.1) is 11.3 Å². The highest BCUT2D eigenvalue weighted by atomic mass is 79.9. The van der Waals surface area contributed by atoms with E-state index in [9.17, 15) is 18.0 Å². The van der Waals surface area contributed by atoms with Crippen LogP contribution in [0.25, 0.3) is 0 Å². The van der Waals surface area contributed by atoms with Gasteiger partial charge in [0.25, 0.3) is 5.91 Å². The highest BCUT2D eigenvalue weighted by Crippen LogP contribution is 2.32. The zero-order valence-electron chi connectivity index (χ0n) is 10.7. The summed E-state index contributed by atoms with van der Waals surface area (Å²) in [6, 6.07) is 5.94. The molecule has 1 heterocycles. The average Bonchev–Trinajstić information content (AvgIpc) is 2.82. The smallest absolute Gasteiger partial charge is 0.261 e. The number of nitrogens with zero attached hydrogens (tertiary/aromatic N) is 1. The van der Waals surface area contributed by atoms with Crippen LogP contribution in [-0.2, 0) is 6.42 Å². The lowest BCUT2D eigenvalue weighted by molar-refractivity contribution is 0.0985. The van der Waals surface area contributed by atoms with Crippen molar-refractivity contribution in [1.82, 2.24) is 0 Å². The summed E-state index contributed by atoms with van der Waals surface area (Å²) in [6.45, 7) is 0.198. The Bertz CT molecular complexity index is 748. The van der Waals surface area contributed by atoms with Crippen molar-refractivity contribution in [1.29, 1.82) is 0 Å². The van der Waals surface area contributed by atoms with E-state index >= 15 is 0 Å². The van der Waals surface area contributed by atoms with E-state index in [0.717, 1.165) is 12.1 Å². The molecule has 2 nitrogen and oxygen atoms in total. The number of benzene rings is 2. The van der Waals surface area contributed by atoms with Crippen LogP contribution in [0.5, 0.6) is 0 Å². The summed E-state index contributed by atoms with van der Waals surface area (Å²) < 4.78 is 41.4. The maximum atomic E-state index is 13.9. The molecular weight excluding hydrogens is 347 g/mol. The van der Waals surface area contributed by atoms with Crippen LogP contribution < -0.4 is 4.90 Å². The molecule has 0 N–H and O–H groups in total. The molecule has 0 atom stereocenters. The first-order valence-corrected chi connectivity index (χ1v) is 7.01. The van der Waals surface area contributed by atoms with Crippen LogP contribution in [0.2, 0.25) is 0 Å². The molecule has 0 bridgehead atoms. The largest absolute Gasteiger partial charge is 0.307 e. The molecular formula is C15H9BrF3NO. The Balaban J connectivity index is 2.02. The fourth-order valence-electron chi connectivity index (χ4n) is 2.44. The summed E-state index contributed by atoms with van der Waals surface area (Å²) in [4.78, 5) is 13.6. The van der Waals surface area contributed by atoms with Crippen molar-refractivity contribution in [3.63, 3.8) is 0 Å². The predicted molar refractivity (Wildman–Crippen MR) is 75.8 cm³/mol. The Labute approximate surface area is 127 Å². The van der Waals surface area contributed by atoms with Gasteiger partial charge < -0.3 is 4.90 Å². The van der Waals surface area contributed by atoms with E-state index in [-0.39, 0.29) is 29.8 Å². The van der Waals surface area contributed by atoms with Crippen molar-refractivity contribution in [3.8, 4) is 0 Å². The van der Waals surface area contributed by atoms with E-state index in [0.29, 0.717) is 4.47 Å². The minimum atomic E-state index is -0.762. The Morgan fingerprint density at radius 2 is 1.86 bits per heavy atom. The summed E-state index contributed by atoms with van der Waals surface area (Å²) >= 11 is 3.11. The number of carbonyl (C=O) groups is 1. The molecule has 2 aromatic carbocycles. The molecule has 1 aliphatic heterocycles. The lowest BCUT2D eigenvalue weighted by Crippen LogP contribution is -2.29. The zero-order chi connectivity index (χ0) is 15.1. The van der Waals surface area contributed by atoms with E-state index in [4.69, 9.17) is 0 Å². The van der Waals surface area contributed by atoms with Gasteiger partial charge in [-0.05, 0) is 30.7 Å². The van der Waals surface area contributed by atoms with E-state index in [1.165, 1.54) is 17.0 Å². The van der Waals surface area contributed by atoms with Crippen molar-refractivity contribution in [2.45, 2.75) is 6.42 Å². The summed E-state index contributed by atoms with van der Waals surface area (Å²) in [6.07, 6.45) is 0.283. The van der Waals surface area contributed by atoms with Gasteiger partial charge in [0.2, 0.25) is 0 Å². The number of hydrogen-bond donors (Lipinski definition) is 0. The summed E-state index contributed by atoms with van der Waals surface area (Å²) in [5, 5.41) is 0. The van der Waals surface area contributed by atoms with Gasteiger partial charge in [-0.3, -0.25) is 4.79 Å². The van der Waals surface area contributed by atoms with Gasteiger partial charge in [-0.25, -0.2) is 13.2 Å². The molecule has 0 unspecified atom stereocenters. The molecule has 2 aromatic rings. The highest BCUT2D eigenvalue weighted by Gasteiger charge is 2.29. The second-order valence-electron chi connectivity index (χ2n) is 4.72. The van der Waals surface area contributed by atoms with E-state index < -0.39 is 23.4 Å². The standard InChI is InChI=1S/C15H9BrF3NO/c16-8-1-2-11(12(18)5-8)15(21)20-4-3-10-13(19)6-9(17)7-14(10)20/h1-2,5-7H,3-4H2. The maximum absolute atomic E-state index is 13.9. The molecule has 108 valence electrons. The predicted octanol–water partition coefficient (Wildman–Crippen LogP) is 4.07. The normalized spacial score (nSPS) is 13.4. The average molecular weight is 356 g/mol. The molecule has 6 heteroatoms. The number of halogens is 4. The van der Waals surface area contributed by atoms with Crippen LogP contribution >= 0.6 is 15.9 Å². The van der Waals surface area contributed by atoms with Crippen molar-refractivity contribution < 1.29 is 18.0 Å². The first-order chi connectivity index (χ1) is 9.97. The third kappa shape index (κ3) is 2.44. The molecule has 1 aliphatic rings. The van der Waals surface area contributed by atoms with E-state index in [1.54, 1.807) is 6.07 Å². The van der Waals surface area contributed by atoms with Gasteiger partial charge >= 0.3 is 0 Å². The second-order valence-corrected chi connectivity index (χ2v) is 5.63. The van der Waals surface area contributed by atoms with E-state index in [2.05, 4.69) is 15.9 Å². The Hall–Kier alpha value is -1.82. The highest BCUT2D eigenvalue weighted by molar-refractivity contribution is 9.10. The first kappa shape index (κ1) is 14.1. The van der Waals surface area contributed by atoms with Gasteiger partial charge in [-0.2, -0.15) is 0 Å². The van der Waals surface area contributed by atoms with Crippen molar-refractivity contribution in [2.75, 3.05) is 11.4 Å². The fraction of sp³-hybridized carbons (Fsp3) is 0.133. The molecule has 0 saturated heterocycles. The van der Waals surface area contributed by atoms with Crippen LogP contribution in [0.3, 0.4) is 0 Å². The van der Waals surface area contributed by atoms with Gasteiger partial charge in [0, 0.05) is 22.6 Å². The minimum absolute atomic E-state index is 0.129. The Morgan fingerprint density at radius 1 is 1.10 bits per heavy atom. The number of fused-ring (bicyclic) bond motifs is 1. The van der Waals surface area contributed by atoms with E-state index in [1.807, 2.05) is 0 Å². The van der Waals surface area contributed by atoms with Crippen LogP contribution in [0.1, 0.15) is 15.9 Å². The molecule has 0 saturated carbocycles. The summed E-state index contributed by atoms with van der Waals surface area (Å²) in [5.74, 6) is -2.73. The fourth-order valence-corrected chi connectivity index (χ4v) is 2.77. The molecule has 0 aromatic heterocycles. The molecule has 3 rings (SSSR count). The number of amides is 1. The van der Waals surface area contributed by atoms with Crippen molar-refractivity contribution in [3.05, 3.63) is 63.4 Å². The molecule has 0 fully saturated rings. The first-order valence-electron chi connectivity index (χ1n) is 6.22. The SMILES string of the molecule is O=C(c1ccc(Br)cc1F)N1CCc2c(F)cc(F)cc21. The lowest BCUT2D eigenvalue weighted by atomic mass is 10.1. The number of carbonyl (C=O) groups excluding carboxylic acids is 1. The third-order valence-electron chi connectivity index (χ3n) is 3.42. The quantitative estimate of drug-likeness (QED) is 0.755. The van der Waals surface area contributed by atoms with Gasteiger partial charge in [0.1, 0.15) is 17.5 Å². The third-order valence-corrected chi connectivity index (χ3v) is 3.91. The summed E-state index contributed by atoms with van der Waals surface area (Å²) in [7, 11) is 0. The lowest BCUT2D eigenvalue weighted by Gasteiger charge is -2.18. The molecule has 0 spiro atoms. The van der Waals surface area contributed by atoms with Gasteiger partial charge in [-0.1, -0.05) is 15.9 Å². The van der Waals surface area contributed by atoms with Crippen LogP contribution in [0.15, 0.2) is 34.8 Å². The maximum Gasteiger partial charge on any atom is 0.261 e. The molecule has 21 heavy (non-hydrogen) atoms. The molecule has 1 amide bonds. The number of hydrogen-bond acceptors (Lipinski definition) is 1. The summed E-state index contributed by atoms with van der Waals surface area (Å²) in [5.41, 5.74) is 0.317. The number of rotatable bonds is 1. The number of anilines is 1. The van der Waals surface area contributed by atoms with Crippen LogP contribution in [0.4, 0.5) is 18.9 Å². The molecule has 0 radical (unpaired) electrons. The van der Waals surface area contributed by atoms with Crippen LogP contribution in [0, 0.1) is 17.5 Å². The molecule has 0 aliphatic carbocycles. The Morgan fingerprint density at radius 3 is 2.57 bits per heavy atom. The van der Waals surface area contributed by atoms with Crippen LogP contribution in [-0.4, -0.2) is 12.5 Å². The monoisotopic (exact) mass is 355 g/mol. The van der Waals surface area contributed by atoms with Crippen molar-refractivity contribution >= 4 is 27.5 Å². The minimum Gasteiger partial charge on any atom is -0.307 e. The Kier molecular flexibility index (Phi) is 3.49. The van der Waals surface area contributed by atoms with Crippen molar-refractivity contribution in [2.24, 2.45) is 0 Å². The topological polar surface area (TPSA) is 20.3 Å². The van der Waals surface area contributed by atoms with Gasteiger partial charge in [-0.15, -0.1) is 0 Å². The zero-order valence-corrected chi connectivity index (χ0v) is 12.3. The van der Waals surface area contributed by atoms with Gasteiger partial charge in [0.15, 0.2) is 0 Å². The second kappa shape index (κ2) is 5.18.